The van der Waals surface area contributed by atoms with Gasteiger partial charge in [0.2, 0.25) is 15.9 Å². The molecule has 2 aromatic rings. The summed E-state index contributed by atoms with van der Waals surface area (Å²) in [5, 5.41) is 2.37. The van der Waals surface area contributed by atoms with Gasteiger partial charge in [0.25, 0.3) is 0 Å². The van der Waals surface area contributed by atoms with E-state index in [1.165, 1.54) is 24.6 Å². The fourth-order valence-corrected chi connectivity index (χ4v) is 4.70. The monoisotopic (exact) mass is 469 g/mol. The number of hydrogen-bond donors (Lipinski definition) is 2. The molecule has 3 rings (SSSR count). The minimum Gasteiger partial charge on any atom is -0.372 e. The quantitative estimate of drug-likeness (QED) is 0.617. The van der Waals surface area contributed by atoms with Crippen LogP contribution in [-0.2, 0) is 27.4 Å². The largest absolute Gasteiger partial charge is 0.416 e. The molecule has 1 saturated heterocycles. The maximum Gasteiger partial charge on any atom is 0.416 e. The fourth-order valence-electron chi connectivity index (χ4n) is 3.68. The first kappa shape index (κ1) is 23.9. The van der Waals surface area contributed by atoms with Gasteiger partial charge in [-0.25, -0.2) is 8.42 Å². The highest BCUT2D eigenvalue weighted by Gasteiger charge is 2.32. The summed E-state index contributed by atoms with van der Waals surface area (Å²) in [6.07, 6.45) is -1.08. The highest BCUT2D eigenvalue weighted by atomic mass is 32.2. The van der Waals surface area contributed by atoms with Gasteiger partial charge in [0.1, 0.15) is 5.75 Å². The Morgan fingerprint density at radius 3 is 2.28 bits per heavy atom. The van der Waals surface area contributed by atoms with Gasteiger partial charge in [-0.1, -0.05) is 18.2 Å². The number of sulfonamides is 1. The highest BCUT2D eigenvalue weighted by molar-refractivity contribution is 7.93. The molecule has 1 amide bonds. The third kappa shape index (κ3) is 6.88. The van der Waals surface area contributed by atoms with Gasteiger partial charge in [-0.3, -0.25) is 9.52 Å². The van der Waals surface area contributed by atoms with Crippen LogP contribution in [0, 0.1) is 0 Å². The zero-order valence-corrected chi connectivity index (χ0v) is 18.3. The van der Waals surface area contributed by atoms with Crippen LogP contribution >= 0.6 is 0 Å². The number of piperidine rings is 1. The summed E-state index contributed by atoms with van der Waals surface area (Å²) in [6.45, 7) is 1.84. The Bertz CT molecular complexity index is 1020. The topological polar surface area (TPSA) is 78.5 Å². The molecule has 2 N–H and O–H groups in total. The molecule has 0 aromatic heterocycles. The van der Waals surface area contributed by atoms with Crippen molar-refractivity contribution in [2.45, 2.75) is 31.9 Å². The number of anilines is 2. The predicted octanol–water partition coefficient (Wildman–Crippen LogP) is 3.80. The van der Waals surface area contributed by atoms with E-state index in [0.29, 0.717) is 5.69 Å². The average Bonchev–Trinajstić information content (AvgIpc) is 2.74. The second kappa shape index (κ2) is 10.2. The fraction of sp³-hybridized carbons (Fsp3) is 0.409. The van der Waals surface area contributed by atoms with Gasteiger partial charge in [-0.15, -0.1) is 0 Å². The lowest BCUT2D eigenvalue weighted by Gasteiger charge is -2.28. The molecule has 1 aliphatic heterocycles. The molecular formula is C22H26F3N3O3S. The summed E-state index contributed by atoms with van der Waals surface area (Å²) < 4.78 is 66.0. The van der Waals surface area contributed by atoms with Crippen LogP contribution in [0.4, 0.5) is 24.5 Å². The lowest BCUT2D eigenvalue weighted by atomic mass is 10.0. The summed E-state index contributed by atoms with van der Waals surface area (Å²) in [5.74, 6) is -1.60. The van der Waals surface area contributed by atoms with E-state index in [-0.39, 0.29) is 18.5 Å². The number of halogens is 3. The Morgan fingerprint density at radius 2 is 1.62 bits per heavy atom. The van der Waals surface area contributed by atoms with Crippen molar-refractivity contribution in [1.29, 1.82) is 0 Å². The van der Waals surface area contributed by atoms with E-state index in [2.05, 4.69) is 14.9 Å². The molecule has 0 radical (unpaired) electrons. The molecule has 32 heavy (non-hydrogen) atoms. The molecule has 0 unspecified atom stereocenters. The first-order valence-corrected chi connectivity index (χ1v) is 12.1. The number of carbonyl (C=O) groups is 1. The lowest BCUT2D eigenvalue weighted by Crippen LogP contribution is -2.34. The van der Waals surface area contributed by atoms with Crippen molar-refractivity contribution in [1.82, 2.24) is 5.32 Å². The van der Waals surface area contributed by atoms with Gasteiger partial charge in [0.05, 0.1) is 5.56 Å². The maximum atomic E-state index is 13.0. The van der Waals surface area contributed by atoms with E-state index in [1.807, 2.05) is 12.1 Å². The molecular weight excluding hydrogens is 443 g/mol. The van der Waals surface area contributed by atoms with Crippen molar-refractivity contribution < 1.29 is 26.4 Å². The lowest BCUT2D eigenvalue weighted by molar-refractivity contribution is -0.138. The number of carbonyl (C=O) groups excluding carboxylic acids is 1. The molecule has 2 aromatic carbocycles. The zero-order chi connectivity index (χ0) is 23.2. The minimum atomic E-state index is -4.49. The number of alkyl halides is 3. The Labute approximate surface area is 185 Å². The zero-order valence-electron chi connectivity index (χ0n) is 17.5. The van der Waals surface area contributed by atoms with E-state index in [4.69, 9.17) is 0 Å². The van der Waals surface area contributed by atoms with Crippen molar-refractivity contribution in [2.24, 2.45) is 0 Å². The third-order valence-electron chi connectivity index (χ3n) is 5.22. The number of hydrogen-bond acceptors (Lipinski definition) is 4. The SMILES string of the molecule is O=C(CS(=O)(=O)Nc1ccc(N2CCCCC2)cc1)NCCc1ccccc1C(F)(F)F. The number of nitrogens with zero attached hydrogens (tertiary/aromatic N) is 1. The van der Waals surface area contributed by atoms with Crippen LogP contribution in [0.2, 0.25) is 0 Å². The van der Waals surface area contributed by atoms with Gasteiger partial charge in [-0.05, 0) is 61.6 Å². The molecule has 6 nitrogen and oxygen atoms in total. The molecule has 10 heteroatoms. The predicted molar refractivity (Wildman–Crippen MR) is 118 cm³/mol. The Morgan fingerprint density at radius 1 is 0.969 bits per heavy atom. The first-order valence-electron chi connectivity index (χ1n) is 10.4. The number of nitrogens with one attached hydrogen (secondary N) is 2. The summed E-state index contributed by atoms with van der Waals surface area (Å²) in [7, 11) is -3.95. The average molecular weight is 470 g/mol. The van der Waals surface area contributed by atoms with Crippen molar-refractivity contribution in [3.63, 3.8) is 0 Å². The second-order valence-corrected chi connectivity index (χ2v) is 9.43. The molecule has 0 aliphatic carbocycles. The van der Waals surface area contributed by atoms with Crippen molar-refractivity contribution in [3.05, 3.63) is 59.7 Å². The standard InChI is InChI=1S/C22H26F3N3O3S/c23-22(24,25)20-7-3-2-6-17(20)12-13-26-21(29)16-32(30,31)27-18-8-10-19(11-9-18)28-14-4-1-5-15-28/h2-3,6-11,27H,1,4-5,12-16H2,(H,26,29). The summed E-state index contributed by atoms with van der Waals surface area (Å²) in [4.78, 5) is 14.3. The van der Waals surface area contributed by atoms with Crippen molar-refractivity contribution in [2.75, 3.05) is 35.0 Å². The van der Waals surface area contributed by atoms with E-state index in [1.54, 1.807) is 12.1 Å². The van der Waals surface area contributed by atoms with Crippen molar-refractivity contribution in [3.8, 4) is 0 Å². The molecule has 1 heterocycles. The molecule has 0 saturated carbocycles. The highest BCUT2D eigenvalue weighted by Crippen LogP contribution is 2.31. The third-order valence-corrected chi connectivity index (χ3v) is 6.41. The summed E-state index contributed by atoms with van der Waals surface area (Å²) in [6, 6.07) is 12.0. The normalized spacial score (nSPS) is 14.8. The van der Waals surface area contributed by atoms with Gasteiger partial charge < -0.3 is 10.2 Å². The molecule has 1 aliphatic rings. The molecule has 0 spiro atoms. The van der Waals surface area contributed by atoms with Crippen LogP contribution in [0.25, 0.3) is 0 Å². The minimum absolute atomic E-state index is 0.0371. The van der Waals surface area contributed by atoms with Crippen LogP contribution in [0.1, 0.15) is 30.4 Å². The maximum absolute atomic E-state index is 13.0. The van der Waals surface area contributed by atoms with Crippen LogP contribution in [-0.4, -0.2) is 39.7 Å². The van der Waals surface area contributed by atoms with Crippen LogP contribution in [0.5, 0.6) is 0 Å². The van der Waals surface area contributed by atoms with Crippen LogP contribution in [0.15, 0.2) is 48.5 Å². The van der Waals surface area contributed by atoms with Gasteiger partial charge in [0.15, 0.2) is 0 Å². The first-order chi connectivity index (χ1) is 15.1. The van der Waals surface area contributed by atoms with Crippen LogP contribution < -0.4 is 14.9 Å². The van der Waals surface area contributed by atoms with E-state index in [0.717, 1.165) is 37.7 Å². The molecule has 0 bridgehead atoms. The Hall–Kier alpha value is -2.75. The van der Waals surface area contributed by atoms with Gasteiger partial charge in [0, 0.05) is 31.0 Å². The van der Waals surface area contributed by atoms with E-state index in [9.17, 15) is 26.4 Å². The Kier molecular flexibility index (Phi) is 7.65. The van der Waals surface area contributed by atoms with Crippen LogP contribution in [0.3, 0.4) is 0 Å². The summed E-state index contributed by atoms with van der Waals surface area (Å²) >= 11 is 0. The Balaban J connectivity index is 1.49. The van der Waals surface area contributed by atoms with Gasteiger partial charge >= 0.3 is 6.18 Å². The van der Waals surface area contributed by atoms with Crippen molar-refractivity contribution >= 4 is 27.3 Å². The molecule has 1 fully saturated rings. The van der Waals surface area contributed by atoms with E-state index >= 15 is 0 Å². The molecule has 174 valence electrons. The van der Waals surface area contributed by atoms with E-state index < -0.39 is 33.4 Å². The second-order valence-electron chi connectivity index (χ2n) is 7.71. The molecule has 0 atom stereocenters. The number of benzene rings is 2. The number of amides is 1. The smallest absolute Gasteiger partial charge is 0.372 e. The number of rotatable bonds is 8. The van der Waals surface area contributed by atoms with Gasteiger partial charge in [-0.2, -0.15) is 13.2 Å². The summed E-state index contributed by atoms with van der Waals surface area (Å²) in [5.41, 5.74) is 0.633.